The molecule has 0 saturated carbocycles. The molecule has 130 valence electrons. The van der Waals surface area contributed by atoms with Gasteiger partial charge in [0.2, 0.25) is 0 Å². The zero-order chi connectivity index (χ0) is 18.0. The van der Waals surface area contributed by atoms with Crippen molar-refractivity contribution in [2.45, 2.75) is 24.3 Å². The molecule has 0 radical (unpaired) electrons. The third kappa shape index (κ3) is 3.45. The van der Waals surface area contributed by atoms with Gasteiger partial charge in [-0.25, -0.2) is 13.1 Å². The second-order valence-electron chi connectivity index (χ2n) is 5.33. The van der Waals surface area contributed by atoms with Crippen molar-refractivity contribution in [3.8, 4) is 5.75 Å². The number of hydrogen-bond acceptors (Lipinski definition) is 6. The van der Waals surface area contributed by atoms with Crippen LogP contribution in [0.2, 0.25) is 0 Å². The predicted molar refractivity (Wildman–Crippen MR) is 88.7 cm³/mol. The second-order valence-corrected chi connectivity index (χ2v) is 7.01. The van der Waals surface area contributed by atoms with Crippen LogP contribution in [-0.4, -0.2) is 31.3 Å². The Kier molecular flexibility index (Phi) is 4.41. The lowest BCUT2D eigenvalue weighted by molar-refractivity contribution is -0.123. The van der Waals surface area contributed by atoms with Crippen molar-refractivity contribution in [3.05, 3.63) is 48.3 Å². The van der Waals surface area contributed by atoms with Gasteiger partial charge < -0.3 is 10.1 Å². The molecule has 1 atom stereocenters. The number of anilines is 1. The van der Waals surface area contributed by atoms with E-state index in [1.165, 1.54) is 42.7 Å². The lowest BCUT2D eigenvalue weighted by atomic mass is 10.2. The number of pyridine rings is 1. The molecule has 1 aliphatic rings. The van der Waals surface area contributed by atoms with Gasteiger partial charge in [-0.2, -0.15) is 0 Å². The summed E-state index contributed by atoms with van der Waals surface area (Å²) >= 11 is 0. The molecule has 2 N–H and O–H groups in total. The molecule has 3 rings (SSSR count). The number of nitrogens with one attached hydrogen (secondary N) is 2. The Morgan fingerprint density at radius 3 is 2.68 bits per heavy atom. The van der Waals surface area contributed by atoms with Gasteiger partial charge in [-0.15, -0.1) is 0 Å². The normalized spacial score (nSPS) is 16.4. The van der Waals surface area contributed by atoms with Crippen LogP contribution >= 0.6 is 0 Å². The maximum Gasteiger partial charge on any atom is 0.265 e. The third-order valence-corrected chi connectivity index (χ3v) is 4.95. The Bertz CT molecular complexity index is 928. The van der Waals surface area contributed by atoms with Gasteiger partial charge in [0.15, 0.2) is 6.10 Å². The molecule has 1 aromatic heterocycles. The molecule has 2 aromatic rings. The first kappa shape index (κ1) is 16.9. The first-order chi connectivity index (χ1) is 11.9. The fourth-order valence-electron chi connectivity index (χ4n) is 2.31. The predicted octanol–water partition coefficient (Wildman–Crippen LogP) is 1.31. The number of carbonyl (C=O) groups excluding carboxylic acids is 2. The summed E-state index contributed by atoms with van der Waals surface area (Å²) < 4.78 is 32.3. The van der Waals surface area contributed by atoms with Crippen molar-refractivity contribution >= 4 is 27.5 Å². The number of carbonyl (C=O) groups is 2. The molecule has 0 unspecified atom stereocenters. The quantitative estimate of drug-likeness (QED) is 0.849. The summed E-state index contributed by atoms with van der Waals surface area (Å²) in [5, 5.41) is 2.61. The Hall–Kier alpha value is -2.94. The lowest BCUT2D eigenvalue weighted by Crippen LogP contribution is -2.36. The van der Waals surface area contributed by atoms with Gasteiger partial charge >= 0.3 is 0 Å². The monoisotopic (exact) mass is 361 g/mol. The molecular weight excluding hydrogens is 346 g/mol. The largest absolute Gasteiger partial charge is 0.478 e. The highest BCUT2D eigenvalue weighted by Crippen LogP contribution is 2.32. The van der Waals surface area contributed by atoms with Crippen LogP contribution < -0.4 is 14.8 Å². The van der Waals surface area contributed by atoms with E-state index in [0.29, 0.717) is 12.2 Å². The van der Waals surface area contributed by atoms with Crippen molar-refractivity contribution < 1.29 is 22.7 Å². The van der Waals surface area contributed by atoms with Gasteiger partial charge in [0.05, 0.1) is 10.6 Å². The van der Waals surface area contributed by atoms with Crippen molar-refractivity contribution in [2.75, 3.05) is 5.32 Å². The van der Waals surface area contributed by atoms with Crippen LogP contribution in [0.25, 0.3) is 0 Å². The number of hydrogen-bond donors (Lipinski definition) is 2. The molecule has 9 heteroatoms. The number of fused-ring (bicyclic) bond motifs is 1. The van der Waals surface area contributed by atoms with E-state index in [4.69, 9.17) is 4.74 Å². The van der Waals surface area contributed by atoms with E-state index in [0.717, 1.165) is 0 Å². The van der Waals surface area contributed by atoms with Crippen LogP contribution in [-0.2, 0) is 14.8 Å². The fourth-order valence-corrected chi connectivity index (χ4v) is 3.31. The van der Waals surface area contributed by atoms with Crippen LogP contribution in [0.15, 0.2) is 47.6 Å². The smallest absolute Gasteiger partial charge is 0.265 e. The average molecular weight is 361 g/mol. The molecule has 0 fully saturated rings. The summed E-state index contributed by atoms with van der Waals surface area (Å²) in [6.07, 6.45) is 2.66. The number of amides is 2. The number of aromatic nitrogens is 1. The second kappa shape index (κ2) is 6.52. The van der Waals surface area contributed by atoms with Crippen LogP contribution in [0, 0.1) is 0 Å². The first-order valence-corrected chi connectivity index (χ1v) is 8.98. The lowest BCUT2D eigenvalue weighted by Gasteiger charge is -2.25. The molecule has 0 bridgehead atoms. The standard InChI is InChI=1S/C16H15N3O5S/c1-2-13-16(21)18-12-9-11(3-4-14(12)24-13)25(22,23)19-15(20)10-5-7-17-8-6-10/h3-9,13H,2H2,1H3,(H,18,21)(H,19,20)/t13-/m0/s1. The summed E-state index contributed by atoms with van der Waals surface area (Å²) in [6, 6.07) is 6.81. The van der Waals surface area contributed by atoms with Crippen molar-refractivity contribution in [2.24, 2.45) is 0 Å². The third-order valence-electron chi connectivity index (χ3n) is 3.62. The first-order valence-electron chi connectivity index (χ1n) is 7.49. The van der Waals surface area contributed by atoms with Crippen molar-refractivity contribution in [3.63, 3.8) is 0 Å². The molecule has 2 heterocycles. The molecule has 0 saturated heterocycles. The van der Waals surface area contributed by atoms with Gasteiger partial charge in [0.1, 0.15) is 5.75 Å². The Morgan fingerprint density at radius 2 is 2.00 bits per heavy atom. The summed E-state index contributed by atoms with van der Waals surface area (Å²) in [4.78, 5) is 27.5. The van der Waals surface area contributed by atoms with Crippen LogP contribution in [0.4, 0.5) is 5.69 Å². The molecule has 0 aliphatic carbocycles. The topological polar surface area (TPSA) is 114 Å². The number of nitrogens with zero attached hydrogens (tertiary/aromatic N) is 1. The Morgan fingerprint density at radius 1 is 1.28 bits per heavy atom. The van der Waals surface area contributed by atoms with Gasteiger partial charge in [0, 0.05) is 18.0 Å². The van der Waals surface area contributed by atoms with Crippen molar-refractivity contribution in [1.29, 1.82) is 0 Å². The minimum Gasteiger partial charge on any atom is -0.478 e. The Labute approximate surface area is 144 Å². The minimum atomic E-state index is -4.10. The van der Waals surface area contributed by atoms with Gasteiger partial charge in [0.25, 0.3) is 21.8 Å². The van der Waals surface area contributed by atoms with E-state index in [-0.39, 0.29) is 22.1 Å². The average Bonchev–Trinajstić information content (AvgIpc) is 2.61. The minimum absolute atomic E-state index is 0.160. The molecule has 2 amide bonds. The maximum absolute atomic E-state index is 12.4. The molecule has 25 heavy (non-hydrogen) atoms. The summed E-state index contributed by atoms with van der Waals surface area (Å²) in [6.45, 7) is 1.81. The van der Waals surface area contributed by atoms with Crippen molar-refractivity contribution in [1.82, 2.24) is 9.71 Å². The summed E-state index contributed by atoms with van der Waals surface area (Å²) in [5.74, 6) is -0.734. The number of ether oxygens (including phenoxy) is 1. The fraction of sp³-hybridized carbons (Fsp3) is 0.188. The zero-order valence-electron chi connectivity index (χ0n) is 13.2. The van der Waals surface area contributed by atoms with E-state index in [1.807, 2.05) is 11.6 Å². The molecule has 8 nitrogen and oxygen atoms in total. The van der Waals surface area contributed by atoms with E-state index >= 15 is 0 Å². The van der Waals surface area contributed by atoms with Crippen LogP contribution in [0.5, 0.6) is 5.75 Å². The molecular formula is C16H15N3O5S. The van der Waals surface area contributed by atoms with E-state index in [9.17, 15) is 18.0 Å². The molecule has 1 aliphatic heterocycles. The Balaban J connectivity index is 1.85. The maximum atomic E-state index is 12.4. The SMILES string of the molecule is CC[C@@H]1Oc2ccc(S(=O)(=O)NC(=O)c3ccncc3)cc2NC1=O. The van der Waals surface area contributed by atoms with Gasteiger partial charge in [-0.05, 0) is 36.8 Å². The van der Waals surface area contributed by atoms with E-state index < -0.39 is 22.0 Å². The highest BCUT2D eigenvalue weighted by atomic mass is 32.2. The summed E-state index contributed by atoms with van der Waals surface area (Å²) in [7, 11) is -4.10. The summed E-state index contributed by atoms with van der Waals surface area (Å²) in [5.41, 5.74) is 0.410. The number of sulfonamides is 1. The van der Waals surface area contributed by atoms with Gasteiger partial charge in [-0.1, -0.05) is 6.92 Å². The highest BCUT2D eigenvalue weighted by Gasteiger charge is 2.28. The van der Waals surface area contributed by atoms with E-state index in [1.54, 1.807) is 0 Å². The molecule has 1 aromatic carbocycles. The van der Waals surface area contributed by atoms with Crippen LogP contribution in [0.1, 0.15) is 23.7 Å². The number of benzene rings is 1. The van der Waals surface area contributed by atoms with Gasteiger partial charge in [-0.3, -0.25) is 14.6 Å². The van der Waals surface area contributed by atoms with E-state index in [2.05, 4.69) is 10.3 Å². The molecule has 0 spiro atoms. The zero-order valence-corrected chi connectivity index (χ0v) is 14.0. The number of rotatable bonds is 4. The highest BCUT2D eigenvalue weighted by molar-refractivity contribution is 7.90. The van der Waals surface area contributed by atoms with Crippen LogP contribution in [0.3, 0.4) is 0 Å².